The first kappa shape index (κ1) is 10.9. The Morgan fingerprint density at radius 1 is 0.889 bits per heavy atom. The number of benzene rings is 2. The molecule has 2 heterocycles. The number of aromatic amines is 1. The summed E-state index contributed by atoms with van der Waals surface area (Å²) < 4.78 is 1.26. The van der Waals surface area contributed by atoms with E-state index in [1.54, 1.807) is 17.7 Å². The van der Waals surface area contributed by atoms with Crippen molar-refractivity contribution in [1.82, 2.24) is 15.0 Å². The number of aromatic nitrogens is 3. The van der Waals surface area contributed by atoms with Crippen molar-refractivity contribution >= 4 is 32.6 Å². The van der Waals surface area contributed by atoms with Gasteiger partial charge in [0.2, 0.25) is 0 Å². The van der Waals surface area contributed by atoms with Crippen LogP contribution >= 0.6 is 11.3 Å². The Kier molecular flexibility index (Phi) is 3.02. The second kappa shape index (κ2) is 4.98. The molecule has 90 valence electrons. The van der Waals surface area contributed by atoms with Gasteiger partial charge in [0, 0.05) is 1.43 Å². The highest BCUT2D eigenvalue weighted by Gasteiger charge is 1.89. The molecule has 0 amide bonds. The predicted octanol–water partition coefficient (Wildman–Crippen LogP) is 4.11. The van der Waals surface area contributed by atoms with Gasteiger partial charge in [0.1, 0.15) is 0 Å². The Labute approximate surface area is 110 Å². The van der Waals surface area contributed by atoms with Crippen LogP contribution < -0.4 is 0 Å². The van der Waals surface area contributed by atoms with Crippen LogP contribution in [0.15, 0.2) is 60.4 Å². The molecule has 0 unspecified atom stereocenters. The van der Waals surface area contributed by atoms with Crippen molar-refractivity contribution in [2.24, 2.45) is 0 Å². The third-order valence-corrected chi connectivity index (χ3v) is 3.37. The van der Waals surface area contributed by atoms with Crippen molar-refractivity contribution in [2.75, 3.05) is 0 Å². The molecule has 0 radical (unpaired) electrons. The molecule has 3 nitrogen and oxygen atoms in total. The Balaban J connectivity index is 0.000000133. The molecule has 0 bridgehead atoms. The van der Waals surface area contributed by atoms with E-state index in [4.69, 9.17) is 0 Å². The van der Waals surface area contributed by atoms with E-state index < -0.39 is 0 Å². The molecule has 0 atom stereocenters. The molecule has 0 aliphatic carbocycles. The molecule has 0 fully saturated rings. The van der Waals surface area contributed by atoms with Crippen molar-refractivity contribution < 1.29 is 1.43 Å². The molecule has 0 saturated heterocycles. The Morgan fingerprint density at radius 3 is 2.50 bits per heavy atom. The fourth-order valence-corrected chi connectivity index (χ4v) is 2.36. The van der Waals surface area contributed by atoms with Crippen molar-refractivity contribution in [3.63, 3.8) is 0 Å². The van der Waals surface area contributed by atoms with Gasteiger partial charge in [0.05, 0.1) is 33.1 Å². The predicted molar refractivity (Wildman–Crippen MR) is 77.8 cm³/mol. The van der Waals surface area contributed by atoms with E-state index in [1.807, 2.05) is 48.0 Å². The molecule has 2 aromatic heterocycles. The fraction of sp³-hybridized carbons (Fsp3) is 0. The molecule has 4 heteroatoms. The van der Waals surface area contributed by atoms with Crippen LogP contribution in [0, 0.1) is 0 Å². The van der Waals surface area contributed by atoms with Gasteiger partial charge in [-0.25, -0.2) is 9.97 Å². The van der Waals surface area contributed by atoms with Crippen molar-refractivity contribution in [3.05, 3.63) is 60.4 Å². The number of thiazole rings is 1. The molecule has 0 spiro atoms. The first-order valence-electron chi connectivity index (χ1n) is 5.60. The number of rotatable bonds is 0. The van der Waals surface area contributed by atoms with Crippen molar-refractivity contribution in [2.45, 2.75) is 0 Å². The molecule has 0 aliphatic heterocycles. The van der Waals surface area contributed by atoms with Gasteiger partial charge in [-0.15, -0.1) is 11.3 Å². The lowest BCUT2D eigenvalue weighted by Crippen LogP contribution is -1.63. The number of hydrogen-bond donors (Lipinski definition) is 1. The average molecular weight is 255 g/mol. The van der Waals surface area contributed by atoms with Gasteiger partial charge in [0.15, 0.2) is 0 Å². The van der Waals surface area contributed by atoms with E-state index in [1.165, 1.54) is 4.70 Å². The number of nitrogens with one attached hydrogen (secondary N) is 1. The second-order valence-corrected chi connectivity index (χ2v) is 4.63. The Hall–Kier alpha value is -2.20. The molecule has 0 saturated carbocycles. The van der Waals surface area contributed by atoms with Gasteiger partial charge in [-0.2, -0.15) is 0 Å². The minimum absolute atomic E-state index is 0. The van der Waals surface area contributed by atoms with Crippen LogP contribution in [-0.2, 0) is 0 Å². The summed E-state index contributed by atoms with van der Waals surface area (Å²) in [4.78, 5) is 11.2. The summed E-state index contributed by atoms with van der Waals surface area (Å²) in [5.74, 6) is 0. The van der Waals surface area contributed by atoms with Crippen LogP contribution in [0.5, 0.6) is 0 Å². The van der Waals surface area contributed by atoms with Gasteiger partial charge in [-0.1, -0.05) is 24.3 Å². The normalized spacial score (nSPS) is 10.2. The van der Waals surface area contributed by atoms with Crippen LogP contribution in [0.3, 0.4) is 0 Å². The highest BCUT2D eigenvalue weighted by Crippen LogP contribution is 2.15. The topological polar surface area (TPSA) is 41.6 Å². The van der Waals surface area contributed by atoms with E-state index in [-0.39, 0.29) is 1.43 Å². The number of H-pyrrole nitrogens is 1. The van der Waals surface area contributed by atoms with Gasteiger partial charge < -0.3 is 4.98 Å². The van der Waals surface area contributed by atoms with Crippen LogP contribution in [0.2, 0.25) is 0 Å². The molecule has 0 aliphatic rings. The van der Waals surface area contributed by atoms with E-state index in [2.05, 4.69) is 21.0 Å². The minimum Gasteiger partial charge on any atom is -0.345 e. The smallest absolute Gasteiger partial charge is 0.0931 e. The molecule has 4 aromatic rings. The first-order valence-corrected chi connectivity index (χ1v) is 6.48. The van der Waals surface area contributed by atoms with Gasteiger partial charge >= 0.3 is 0 Å². The zero-order valence-electron chi connectivity index (χ0n) is 9.58. The summed E-state index contributed by atoms with van der Waals surface area (Å²) >= 11 is 1.68. The number of fused-ring (bicyclic) bond motifs is 2. The summed E-state index contributed by atoms with van der Waals surface area (Å²) in [7, 11) is 0. The van der Waals surface area contributed by atoms with Gasteiger partial charge in [-0.05, 0) is 24.3 Å². The van der Waals surface area contributed by atoms with Crippen LogP contribution in [0.1, 0.15) is 1.43 Å². The lowest BCUT2D eigenvalue weighted by molar-refractivity contribution is 1.34. The molecule has 18 heavy (non-hydrogen) atoms. The first-order chi connectivity index (χ1) is 8.93. The molecular formula is C14H13N3S. The summed E-state index contributed by atoms with van der Waals surface area (Å²) in [6.45, 7) is 0. The SMILES string of the molecule is [HH].c1ccc2[nH]cnc2c1.c1ccc2scnc2c1. The zero-order chi connectivity index (χ0) is 12.2. The lowest BCUT2D eigenvalue weighted by Gasteiger charge is -1.81. The van der Waals surface area contributed by atoms with Crippen molar-refractivity contribution in [3.8, 4) is 0 Å². The summed E-state index contributed by atoms with van der Waals surface area (Å²) in [5.41, 5.74) is 5.09. The van der Waals surface area contributed by atoms with Crippen LogP contribution in [-0.4, -0.2) is 15.0 Å². The maximum Gasteiger partial charge on any atom is 0.0931 e. The summed E-state index contributed by atoms with van der Waals surface area (Å²) in [6, 6.07) is 16.1. The quantitative estimate of drug-likeness (QED) is 0.514. The second-order valence-electron chi connectivity index (χ2n) is 3.74. The van der Waals surface area contributed by atoms with Gasteiger partial charge in [0.25, 0.3) is 0 Å². The van der Waals surface area contributed by atoms with E-state index in [9.17, 15) is 0 Å². The minimum atomic E-state index is 0. The number of para-hydroxylation sites is 3. The Bertz CT molecular complexity index is 637. The van der Waals surface area contributed by atoms with Crippen molar-refractivity contribution in [1.29, 1.82) is 0 Å². The summed E-state index contributed by atoms with van der Waals surface area (Å²) in [6.07, 6.45) is 1.70. The average Bonchev–Trinajstić information content (AvgIpc) is 3.08. The molecule has 2 aromatic carbocycles. The maximum atomic E-state index is 4.14. The van der Waals surface area contributed by atoms with E-state index >= 15 is 0 Å². The summed E-state index contributed by atoms with van der Waals surface area (Å²) in [5, 5.41) is 0. The zero-order valence-corrected chi connectivity index (χ0v) is 10.4. The third kappa shape index (κ3) is 2.24. The van der Waals surface area contributed by atoms with E-state index in [0.29, 0.717) is 0 Å². The van der Waals surface area contributed by atoms with Crippen LogP contribution in [0.4, 0.5) is 0 Å². The third-order valence-electron chi connectivity index (χ3n) is 2.56. The fourth-order valence-electron chi connectivity index (χ4n) is 1.68. The largest absolute Gasteiger partial charge is 0.345 e. The number of nitrogens with zero attached hydrogens (tertiary/aromatic N) is 2. The van der Waals surface area contributed by atoms with E-state index in [0.717, 1.165) is 16.6 Å². The standard InChI is InChI=1S/C7H6N2.C7H5NS.H2/c2*1-2-4-7-6(3-1)8-5-9-7;/h1-5H,(H,8,9);1-5H;1H. The monoisotopic (exact) mass is 255 g/mol. The number of imidazole rings is 1. The Morgan fingerprint density at radius 2 is 1.67 bits per heavy atom. The molecular weight excluding hydrogens is 242 g/mol. The maximum absolute atomic E-state index is 4.14. The van der Waals surface area contributed by atoms with Crippen LogP contribution in [0.25, 0.3) is 21.3 Å². The number of hydrogen-bond acceptors (Lipinski definition) is 3. The van der Waals surface area contributed by atoms with Gasteiger partial charge in [-0.3, -0.25) is 0 Å². The molecule has 1 N–H and O–H groups in total. The molecule has 4 rings (SSSR count). The highest BCUT2D eigenvalue weighted by molar-refractivity contribution is 7.16. The lowest BCUT2D eigenvalue weighted by atomic mass is 10.3. The highest BCUT2D eigenvalue weighted by atomic mass is 32.1.